The van der Waals surface area contributed by atoms with Crippen LogP contribution < -0.4 is 16.0 Å². The molecule has 0 unspecified atom stereocenters. The molecular formula is C19H32N6. The van der Waals surface area contributed by atoms with Crippen LogP contribution in [0.15, 0.2) is 0 Å². The van der Waals surface area contributed by atoms with Crippen molar-refractivity contribution in [1.29, 1.82) is 0 Å². The summed E-state index contributed by atoms with van der Waals surface area (Å²) in [7, 11) is 0. The van der Waals surface area contributed by atoms with Crippen molar-refractivity contribution >= 4 is 17.8 Å². The highest BCUT2D eigenvalue weighted by Gasteiger charge is 2.51. The quantitative estimate of drug-likeness (QED) is 0.727. The van der Waals surface area contributed by atoms with E-state index in [1.807, 2.05) is 0 Å². The molecule has 0 amide bonds. The Labute approximate surface area is 151 Å². The summed E-state index contributed by atoms with van der Waals surface area (Å²) in [6.07, 6.45) is 8.18. The minimum Gasteiger partial charge on any atom is -0.352 e. The summed E-state index contributed by atoms with van der Waals surface area (Å²) in [6.45, 7) is 8.41. The molecule has 3 N–H and O–H groups in total. The van der Waals surface area contributed by atoms with Crippen LogP contribution in [0.25, 0.3) is 0 Å². The van der Waals surface area contributed by atoms with E-state index in [0.29, 0.717) is 24.0 Å². The third-order valence-corrected chi connectivity index (χ3v) is 5.89. The molecular weight excluding hydrogens is 312 g/mol. The van der Waals surface area contributed by atoms with Gasteiger partial charge in [-0.15, -0.1) is 0 Å². The van der Waals surface area contributed by atoms with Gasteiger partial charge in [-0.1, -0.05) is 0 Å². The first-order valence-electron chi connectivity index (χ1n) is 9.96. The largest absolute Gasteiger partial charge is 0.352 e. The van der Waals surface area contributed by atoms with E-state index in [2.05, 4.69) is 58.6 Å². The number of aromatic nitrogens is 3. The second kappa shape index (κ2) is 6.29. The number of rotatable bonds is 6. The first kappa shape index (κ1) is 16.9. The fourth-order valence-electron chi connectivity index (χ4n) is 5.58. The van der Waals surface area contributed by atoms with Crippen LogP contribution in [0.2, 0.25) is 0 Å². The van der Waals surface area contributed by atoms with Crippen molar-refractivity contribution in [3.05, 3.63) is 0 Å². The van der Waals surface area contributed by atoms with Gasteiger partial charge < -0.3 is 16.0 Å². The highest BCUT2D eigenvalue weighted by atomic mass is 15.3. The average Bonchev–Trinajstić information content (AvgIpc) is 2.42. The Hall–Kier alpha value is -1.59. The van der Waals surface area contributed by atoms with E-state index in [0.717, 1.165) is 23.7 Å². The Morgan fingerprint density at radius 1 is 0.720 bits per heavy atom. The van der Waals surface area contributed by atoms with Gasteiger partial charge in [-0.05, 0) is 84.0 Å². The molecule has 0 aromatic carbocycles. The summed E-state index contributed by atoms with van der Waals surface area (Å²) >= 11 is 0. The van der Waals surface area contributed by atoms with Crippen molar-refractivity contribution < 1.29 is 0 Å². The Morgan fingerprint density at radius 2 is 1.12 bits per heavy atom. The van der Waals surface area contributed by atoms with Gasteiger partial charge in [0.2, 0.25) is 17.8 Å². The average molecular weight is 345 g/mol. The van der Waals surface area contributed by atoms with Crippen LogP contribution in [0.4, 0.5) is 17.8 Å². The van der Waals surface area contributed by atoms with Gasteiger partial charge in [0.25, 0.3) is 0 Å². The molecule has 1 heterocycles. The minimum atomic E-state index is 0.209. The van der Waals surface area contributed by atoms with E-state index in [1.54, 1.807) is 0 Å². The third kappa shape index (κ3) is 3.67. The first-order chi connectivity index (χ1) is 11.9. The second-order valence-electron chi connectivity index (χ2n) is 9.23. The molecule has 25 heavy (non-hydrogen) atoms. The van der Waals surface area contributed by atoms with E-state index in [-0.39, 0.29) is 5.54 Å². The molecule has 1 aromatic rings. The van der Waals surface area contributed by atoms with E-state index in [9.17, 15) is 0 Å². The van der Waals surface area contributed by atoms with Crippen LogP contribution in [-0.4, -0.2) is 32.6 Å². The normalized spacial score (nSPS) is 33.1. The Kier molecular flexibility index (Phi) is 4.24. The van der Waals surface area contributed by atoms with Crippen LogP contribution in [0.5, 0.6) is 0 Å². The summed E-state index contributed by atoms with van der Waals surface area (Å²) in [5, 5.41) is 10.4. The molecule has 0 radical (unpaired) electrons. The molecule has 4 bridgehead atoms. The molecule has 0 spiro atoms. The number of hydrogen-bond acceptors (Lipinski definition) is 6. The van der Waals surface area contributed by atoms with E-state index >= 15 is 0 Å². The van der Waals surface area contributed by atoms with Crippen molar-refractivity contribution in [2.45, 2.75) is 83.8 Å². The van der Waals surface area contributed by atoms with Gasteiger partial charge in [-0.25, -0.2) is 0 Å². The smallest absolute Gasteiger partial charge is 0.229 e. The third-order valence-electron chi connectivity index (χ3n) is 5.89. The SMILES string of the molecule is CC(C)Nc1nc(NC(C)C)nc(NC23CC4CC(CC(C4)C2)C3)n1. The van der Waals surface area contributed by atoms with Crippen LogP contribution >= 0.6 is 0 Å². The number of hydrogen-bond donors (Lipinski definition) is 3. The number of nitrogens with one attached hydrogen (secondary N) is 3. The topological polar surface area (TPSA) is 74.8 Å². The molecule has 4 aliphatic rings. The zero-order valence-corrected chi connectivity index (χ0v) is 16.0. The van der Waals surface area contributed by atoms with Gasteiger partial charge in [0.15, 0.2) is 0 Å². The molecule has 5 rings (SSSR count). The second-order valence-corrected chi connectivity index (χ2v) is 9.23. The molecule has 4 fully saturated rings. The van der Waals surface area contributed by atoms with Crippen LogP contribution in [0, 0.1) is 17.8 Å². The van der Waals surface area contributed by atoms with E-state index in [1.165, 1.54) is 38.5 Å². The Balaban J connectivity index is 1.58. The summed E-state index contributed by atoms with van der Waals surface area (Å²) in [5.74, 6) is 4.75. The fraction of sp³-hybridized carbons (Fsp3) is 0.842. The maximum Gasteiger partial charge on any atom is 0.229 e. The number of nitrogens with zero attached hydrogens (tertiary/aromatic N) is 3. The lowest BCUT2D eigenvalue weighted by atomic mass is 9.53. The highest BCUT2D eigenvalue weighted by Crippen LogP contribution is 2.56. The monoisotopic (exact) mass is 344 g/mol. The molecule has 0 atom stereocenters. The first-order valence-corrected chi connectivity index (χ1v) is 9.96. The molecule has 1 aromatic heterocycles. The van der Waals surface area contributed by atoms with Gasteiger partial charge in [0, 0.05) is 17.6 Å². The molecule has 0 saturated heterocycles. The zero-order chi connectivity index (χ0) is 17.6. The summed E-state index contributed by atoms with van der Waals surface area (Å²) in [5.41, 5.74) is 0.209. The molecule has 4 aliphatic carbocycles. The fourth-order valence-corrected chi connectivity index (χ4v) is 5.58. The van der Waals surface area contributed by atoms with Crippen molar-refractivity contribution in [2.24, 2.45) is 17.8 Å². The van der Waals surface area contributed by atoms with Gasteiger partial charge in [-0.2, -0.15) is 15.0 Å². The van der Waals surface area contributed by atoms with Crippen LogP contribution in [0.3, 0.4) is 0 Å². The van der Waals surface area contributed by atoms with Crippen molar-refractivity contribution in [1.82, 2.24) is 15.0 Å². The van der Waals surface area contributed by atoms with Crippen LogP contribution in [0.1, 0.15) is 66.2 Å². The van der Waals surface area contributed by atoms with E-state index < -0.39 is 0 Å². The van der Waals surface area contributed by atoms with Crippen molar-refractivity contribution in [3.63, 3.8) is 0 Å². The minimum absolute atomic E-state index is 0.209. The molecule has 4 saturated carbocycles. The lowest BCUT2D eigenvalue weighted by Crippen LogP contribution is -2.55. The van der Waals surface area contributed by atoms with Gasteiger partial charge >= 0.3 is 0 Å². The van der Waals surface area contributed by atoms with Crippen LogP contribution in [-0.2, 0) is 0 Å². The maximum atomic E-state index is 4.67. The summed E-state index contributed by atoms with van der Waals surface area (Å²) < 4.78 is 0. The van der Waals surface area contributed by atoms with Gasteiger partial charge in [-0.3, -0.25) is 0 Å². The van der Waals surface area contributed by atoms with Gasteiger partial charge in [0.05, 0.1) is 0 Å². The lowest BCUT2D eigenvalue weighted by molar-refractivity contribution is 0.0103. The Bertz CT molecular complexity index is 563. The molecule has 0 aliphatic heterocycles. The maximum absolute atomic E-state index is 4.67. The van der Waals surface area contributed by atoms with E-state index in [4.69, 9.17) is 0 Å². The van der Waals surface area contributed by atoms with Gasteiger partial charge in [0.1, 0.15) is 0 Å². The molecule has 6 heteroatoms. The predicted molar refractivity (Wildman–Crippen MR) is 102 cm³/mol. The zero-order valence-electron chi connectivity index (χ0n) is 16.0. The molecule has 138 valence electrons. The lowest BCUT2D eigenvalue weighted by Gasteiger charge is -2.56. The Morgan fingerprint density at radius 3 is 1.52 bits per heavy atom. The van der Waals surface area contributed by atoms with Crippen molar-refractivity contribution in [2.75, 3.05) is 16.0 Å². The standard InChI is InChI=1S/C19H32N6/c1-11(2)20-16-22-17(21-12(3)4)24-18(23-16)25-19-8-13-5-14(9-19)7-15(6-13)10-19/h11-15H,5-10H2,1-4H3,(H3,20,21,22,23,24,25). The predicted octanol–water partition coefficient (Wildman–Crippen LogP) is 3.89. The molecule has 6 nitrogen and oxygen atoms in total. The summed E-state index contributed by atoms with van der Waals surface area (Å²) in [6, 6.07) is 0.586. The highest BCUT2D eigenvalue weighted by molar-refractivity contribution is 5.44. The summed E-state index contributed by atoms with van der Waals surface area (Å²) in [4.78, 5) is 13.9. The van der Waals surface area contributed by atoms with Crippen molar-refractivity contribution in [3.8, 4) is 0 Å². The number of anilines is 3.